The highest BCUT2D eigenvalue weighted by Crippen LogP contribution is 2.46. The van der Waals surface area contributed by atoms with E-state index in [0.29, 0.717) is 30.0 Å². The fourth-order valence-corrected chi connectivity index (χ4v) is 4.96. The first-order chi connectivity index (χ1) is 16.5. The number of amides is 1. The highest BCUT2D eigenvalue weighted by molar-refractivity contribution is 8.16. The van der Waals surface area contributed by atoms with Crippen molar-refractivity contribution in [3.63, 3.8) is 0 Å². The number of carbonyl (C=O) groups excluding carboxylic acids is 2. The zero-order valence-electron chi connectivity index (χ0n) is 19.4. The number of methoxy groups -OCH3 is 1. The van der Waals surface area contributed by atoms with Crippen molar-refractivity contribution in [3.8, 4) is 11.5 Å². The molecule has 0 saturated heterocycles. The molecule has 1 atom stereocenters. The summed E-state index contributed by atoms with van der Waals surface area (Å²) < 4.78 is 11.2. The average molecular weight is 478 g/mol. The lowest BCUT2D eigenvalue weighted by Crippen LogP contribution is -2.38. The van der Waals surface area contributed by atoms with Crippen LogP contribution in [0.3, 0.4) is 0 Å². The normalized spacial score (nSPS) is 17.0. The number of carbonyl (C=O) groups is 2. The zero-order chi connectivity index (χ0) is 24.1. The molecule has 0 unspecified atom stereocenters. The molecule has 8 heteroatoms. The molecule has 7 nitrogen and oxygen atoms in total. The van der Waals surface area contributed by atoms with E-state index >= 15 is 0 Å². The largest absolute Gasteiger partial charge is 0.466 e. The van der Waals surface area contributed by atoms with Gasteiger partial charge >= 0.3 is 5.97 Å². The van der Waals surface area contributed by atoms with Crippen LogP contribution in [0.25, 0.3) is 0 Å². The minimum absolute atomic E-state index is 0.0830. The Morgan fingerprint density at radius 1 is 1.09 bits per heavy atom. The van der Waals surface area contributed by atoms with E-state index in [1.807, 2.05) is 78.8 Å². The van der Waals surface area contributed by atoms with Crippen LogP contribution in [-0.4, -0.2) is 35.6 Å². The fourth-order valence-electron chi connectivity index (χ4n) is 4.02. The van der Waals surface area contributed by atoms with Crippen molar-refractivity contribution < 1.29 is 19.1 Å². The number of thioether (sulfide) groups is 1. The van der Waals surface area contributed by atoms with Gasteiger partial charge in [-0.05, 0) is 48.6 Å². The van der Waals surface area contributed by atoms with E-state index in [2.05, 4.69) is 5.32 Å². The standard InChI is InChI=1S/C26H27N3O4S/c1-4-21-23(25(31)32-3)24(29-18(15-22(30)27-5-2)16-34-26(29)28-21)17-10-9-13-20(14-17)33-19-11-7-6-8-12-19/h6-14,16,24H,4-5,15H2,1-3H3,(H,27,30)/t24-/m1/s1. The van der Waals surface area contributed by atoms with Gasteiger partial charge in [-0.25, -0.2) is 9.79 Å². The van der Waals surface area contributed by atoms with Crippen molar-refractivity contribution >= 4 is 28.8 Å². The van der Waals surface area contributed by atoms with Crippen LogP contribution in [-0.2, 0) is 14.3 Å². The number of ether oxygens (including phenoxy) is 2. The lowest BCUT2D eigenvalue weighted by atomic mass is 9.92. The van der Waals surface area contributed by atoms with E-state index in [1.165, 1.54) is 18.9 Å². The maximum atomic E-state index is 13.0. The van der Waals surface area contributed by atoms with Crippen molar-refractivity contribution in [1.82, 2.24) is 10.2 Å². The third kappa shape index (κ3) is 4.87. The molecule has 2 aromatic rings. The molecule has 2 aliphatic rings. The summed E-state index contributed by atoms with van der Waals surface area (Å²) in [6, 6.07) is 16.7. The van der Waals surface area contributed by atoms with E-state index < -0.39 is 12.0 Å². The Labute approximate surface area is 203 Å². The molecule has 4 rings (SSSR count). The van der Waals surface area contributed by atoms with Crippen LogP contribution in [0.2, 0.25) is 0 Å². The lowest BCUT2D eigenvalue weighted by Gasteiger charge is -2.36. The monoisotopic (exact) mass is 477 g/mol. The molecule has 1 N–H and O–H groups in total. The van der Waals surface area contributed by atoms with Crippen molar-refractivity contribution in [2.75, 3.05) is 13.7 Å². The van der Waals surface area contributed by atoms with Gasteiger partial charge in [-0.15, -0.1) is 0 Å². The Kier molecular flexibility index (Phi) is 7.37. The van der Waals surface area contributed by atoms with Gasteiger partial charge < -0.3 is 19.7 Å². The van der Waals surface area contributed by atoms with Crippen molar-refractivity contribution in [3.05, 3.63) is 82.5 Å². The summed E-state index contributed by atoms with van der Waals surface area (Å²) in [7, 11) is 1.37. The number of para-hydroxylation sites is 1. The van der Waals surface area contributed by atoms with Crippen LogP contribution in [0.1, 0.15) is 38.3 Å². The summed E-state index contributed by atoms with van der Waals surface area (Å²) in [4.78, 5) is 32.1. The van der Waals surface area contributed by atoms with Gasteiger partial charge in [-0.3, -0.25) is 4.79 Å². The van der Waals surface area contributed by atoms with Gasteiger partial charge in [-0.1, -0.05) is 49.0 Å². The van der Waals surface area contributed by atoms with Crippen LogP contribution in [0.4, 0.5) is 0 Å². The molecule has 2 aromatic carbocycles. The molecule has 176 valence electrons. The lowest BCUT2D eigenvalue weighted by molar-refractivity contribution is -0.136. The number of esters is 1. The Balaban J connectivity index is 1.77. The van der Waals surface area contributed by atoms with Crippen molar-refractivity contribution in [2.24, 2.45) is 4.99 Å². The minimum atomic E-state index is -0.495. The molecule has 0 spiro atoms. The number of nitrogens with one attached hydrogen (secondary N) is 1. The van der Waals surface area contributed by atoms with E-state index in [1.54, 1.807) is 0 Å². The number of hydrogen-bond acceptors (Lipinski definition) is 7. The third-order valence-electron chi connectivity index (χ3n) is 5.50. The zero-order valence-corrected chi connectivity index (χ0v) is 20.2. The van der Waals surface area contributed by atoms with Crippen molar-refractivity contribution in [2.45, 2.75) is 32.7 Å². The Bertz CT molecular complexity index is 1170. The van der Waals surface area contributed by atoms with Gasteiger partial charge in [0.2, 0.25) is 5.91 Å². The van der Waals surface area contributed by atoms with Gasteiger partial charge in [0.25, 0.3) is 0 Å². The molecule has 0 bridgehead atoms. The van der Waals surface area contributed by atoms with Crippen LogP contribution in [0.5, 0.6) is 11.5 Å². The first-order valence-corrected chi connectivity index (χ1v) is 12.1. The van der Waals surface area contributed by atoms with Gasteiger partial charge in [0.1, 0.15) is 11.5 Å². The Morgan fingerprint density at radius 2 is 1.85 bits per heavy atom. The quantitative estimate of drug-likeness (QED) is 0.530. The summed E-state index contributed by atoms with van der Waals surface area (Å²) in [5.74, 6) is 0.849. The summed E-state index contributed by atoms with van der Waals surface area (Å²) in [6.07, 6.45) is 0.761. The number of hydrogen-bond donors (Lipinski definition) is 1. The van der Waals surface area contributed by atoms with Gasteiger partial charge in [0.15, 0.2) is 5.17 Å². The van der Waals surface area contributed by atoms with E-state index in [9.17, 15) is 9.59 Å². The molecule has 0 fully saturated rings. The second kappa shape index (κ2) is 10.6. The van der Waals surface area contributed by atoms with Gasteiger partial charge in [0.05, 0.1) is 30.8 Å². The van der Waals surface area contributed by atoms with Crippen LogP contribution in [0, 0.1) is 0 Å². The molecule has 0 aromatic heterocycles. The highest BCUT2D eigenvalue weighted by Gasteiger charge is 2.41. The number of aliphatic imine (C=N–C) groups is 1. The number of rotatable bonds is 8. The fraction of sp³-hybridized carbons (Fsp3) is 0.269. The first kappa shape index (κ1) is 23.6. The molecule has 34 heavy (non-hydrogen) atoms. The molecule has 1 amide bonds. The predicted molar refractivity (Wildman–Crippen MR) is 133 cm³/mol. The summed E-state index contributed by atoms with van der Waals surface area (Å²) >= 11 is 1.46. The number of nitrogens with zero attached hydrogens (tertiary/aromatic N) is 2. The second-order valence-electron chi connectivity index (χ2n) is 7.72. The molecule has 0 radical (unpaired) electrons. The molecule has 2 aliphatic heterocycles. The van der Waals surface area contributed by atoms with E-state index in [-0.39, 0.29) is 12.3 Å². The maximum Gasteiger partial charge on any atom is 0.338 e. The molecule has 0 aliphatic carbocycles. The van der Waals surface area contributed by atoms with E-state index in [4.69, 9.17) is 14.5 Å². The molecule has 2 heterocycles. The summed E-state index contributed by atoms with van der Waals surface area (Å²) in [5, 5.41) is 5.51. The van der Waals surface area contributed by atoms with Gasteiger partial charge in [-0.2, -0.15) is 0 Å². The number of fused-ring (bicyclic) bond motifs is 1. The summed E-state index contributed by atoms with van der Waals surface area (Å²) in [5.41, 5.74) is 2.77. The smallest absolute Gasteiger partial charge is 0.338 e. The first-order valence-electron chi connectivity index (χ1n) is 11.2. The Hall–Kier alpha value is -3.52. The SMILES string of the molecule is CCNC(=O)CC1=CSC2=NC(CC)=C(C(=O)OC)[C@@H](c3cccc(Oc4ccccc4)c3)N12. The second-order valence-corrected chi connectivity index (χ2v) is 8.55. The minimum Gasteiger partial charge on any atom is -0.466 e. The highest BCUT2D eigenvalue weighted by atomic mass is 32.2. The topological polar surface area (TPSA) is 80.2 Å². The van der Waals surface area contributed by atoms with Gasteiger partial charge in [0, 0.05) is 12.2 Å². The third-order valence-corrected chi connectivity index (χ3v) is 6.39. The van der Waals surface area contributed by atoms with Crippen molar-refractivity contribution in [1.29, 1.82) is 0 Å². The predicted octanol–water partition coefficient (Wildman–Crippen LogP) is 5.14. The molecular weight excluding hydrogens is 450 g/mol. The number of benzene rings is 2. The van der Waals surface area contributed by atoms with E-state index in [0.717, 1.165) is 22.2 Å². The molecule has 0 saturated carbocycles. The number of amidine groups is 1. The molecular formula is C26H27N3O4S. The average Bonchev–Trinajstić information content (AvgIpc) is 3.25. The maximum absolute atomic E-state index is 13.0. The van der Waals surface area contributed by atoms with Crippen LogP contribution in [0.15, 0.2) is 82.0 Å². The number of allylic oxidation sites excluding steroid dienone is 1. The van der Waals surface area contributed by atoms with Crippen LogP contribution < -0.4 is 10.1 Å². The Morgan fingerprint density at radius 3 is 2.56 bits per heavy atom. The van der Waals surface area contributed by atoms with Crippen LogP contribution >= 0.6 is 11.8 Å². The summed E-state index contributed by atoms with van der Waals surface area (Å²) in [6.45, 7) is 4.40.